The highest BCUT2D eigenvalue weighted by molar-refractivity contribution is 4.80. The van der Waals surface area contributed by atoms with E-state index in [-0.39, 0.29) is 0 Å². The predicted molar refractivity (Wildman–Crippen MR) is 62.3 cm³/mol. The van der Waals surface area contributed by atoms with Crippen LogP contribution in [0.25, 0.3) is 0 Å². The minimum Gasteiger partial charge on any atom is -0.327 e. The molecule has 2 N–H and O–H groups in total. The number of nitrogens with zero attached hydrogens (tertiary/aromatic N) is 1. The third-order valence-corrected chi connectivity index (χ3v) is 3.31. The van der Waals surface area contributed by atoms with E-state index in [1.54, 1.807) is 0 Å². The molecule has 2 unspecified atom stereocenters. The summed E-state index contributed by atoms with van der Waals surface area (Å²) >= 11 is 0. The SMILES string of the molecule is CCCC(N)C1CCCN(CCC)C1. The van der Waals surface area contributed by atoms with Crippen molar-refractivity contribution in [3.63, 3.8) is 0 Å². The first-order valence-corrected chi connectivity index (χ1v) is 6.25. The van der Waals surface area contributed by atoms with Gasteiger partial charge in [-0.15, -0.1) is 0 Å². The van der Waals surface area contributed by atoms with E-state index in [2.05, 4.69) is 18.7 Å². The summed E-state index contributed by atoms with van der Waals surface area (Å²) in [5, 5.41) is 0. The first kappa shape index (κ1) is 12.0. The summed E-state index contributed by atoms with van der Waals surface area (Å²) in [6, 6.07) is 0.444. The van der Waals surface area contributed by atoms with Crippen LogP contribution in [-0.4, -0.2) is 30.6 Å². The number of hydrogen-bond acceptors (Lipinski definition) is 2. The molecule has 0 aromatic carbocycles. The second-order valence-electron chi connectivity index (χ2n) is 4.66. The number of likely N-dealkylation sites (tertiary alicyclic amines) is 1. The standard InChI is InChI=1S/C12H26N2/c1-3-6-12(13)11-7-5-9-14(10-11)8-4-2/h11-12H,3-10,13H2,1-2H3. The fraction of sp³-hybridized carbons (Fsp3) is 1.00. The van der Waals surface area contributed by atoms with Crippen LogP contribution in [0, 0.1) is 5.92 Å². The molecule has 1 aliphatic heterocycles. The summed E-state index contributed by atoms with van der Waals surface area (Å²) in [5.74, 6) is 0.759. The molecule has 14 heavy (non-hydrogen) atoms. The average molecular weight is 198 g/mol. The minimum atomic E-state index is 0.444. The van der Waals surface area contributed by atoms with E-state index in [1.165, 1.54) is 51.7 Å². The minimum absolute atomic E-state index is 0.444. The maximum absolute atomic E-state index is 6.19. The van der Waals surface area contributed by atoms with Crippen molar-refractivity contribution >= 4 is 0 Å². The fourth-order valence-electron chi connectivity index (χ4n) is 2.53. The first-order valence-electron chi connectivity index (χ1n) is 6.25. The number of nitrogens with two attached hydrogens (primary N) is 1. The van der Waals surface area contributed by atoms with Gasteiger partial charge < -0.3 is 10.6 Å². The highest BCUT2D eigenvalue weighted by Gasteiger charge is 2.23. The molecule has 1 aliphatic rings. The van der Waals surface area contributed by atoms with Crippen molar-refractivity contribution < 1.29 is 0 Å². The van der Waals surface area contributed by atoms with Crippen molar-refractivity contribution in [2.45, 2.75) is 52.0 Å². The molecular weight excluding hydrogens is 172 g/mol. The molecule has 0 aromatic rings. The van der Waals surface area contributed by atoms with Gasteiger partial charge in [0.15, 0.2) is 0 Å². The lowest BCUT2D eigenvalue weighted by Gasteiger charge is -2.35. The molecule has 1 fully saturated rings. The number of hydrogen-bond donors (Lipinski definition) is 1. The van der Waals surface area contributed by atoms with Gasteiger partial charge in [0.25, 0.3) is 0 Å². The van der Waals surface area contributed by atoms with E-state index in [1.807, 2.05) is 0 Å². The Balaban J connectivity index is 2.31. The van der Waals surface area contributed by atoms with Crippen LogP contribution >= 0.6 is 0 Å². The molecule has 1 saturated heterocycles. The van der Waals surface area contributed by atoms with Gasteiger partial charge in [-0.2, -0.15) is 0 Å². The Morgan fingerprint density at radius 2 is 2.14 bits per heavy atom. The van der Waals surface area contributed by atoms with Gasteiger partial charge in [0.1, 0.15) is 0 Å². The zero-order chi connectivity index (χ0) is 10.4. The monoisotopic (exact) mass is 198 g/mol. The summed E-state index contributed by atoms with van der Waals surface area (Å²) in [7, 11) is 0. The Morgan fingerprint density at radius 3 is 2.79 bits per heavy atom. The smallest absolute Gasteiger partial charge is 0.00792 e. The fourth-order valence-corrected chi connectivity index (χ4v) is 2.53. The van der Waals surface area contributed by atoms with E-state index in [0.717, 1.165) is 5.92 Å². The molecule has 2 atom stereocenters. The molecule has 1 rings (SSSR count). The molecule has 1 heterocycles. The summed E-state index contributed by atoms with van der Waals surface area (Å²) in [6.45, 7) is 8.29. The van der Waals surface area contributed by atoms with Crippen molar-refractivity contribution in [2.24, 2.45) is 11.7 Å². The van der Waals surface area contributed by atoms with Gasteiger partial charge in [0.2, 0.25) is 0 Å². The van der Waals surface area contributed by atoms with Crippen LogP contribution in [0.1, 0.15) is 46.0 Å². The summed E-state index contributed by atoms with van der Waals surface area (Å²) in [5.41, 5.74) is 6.19. The largest absolute Gasteiger partial charge is 0.327 e. The lowest BCUT2D eigenvalue weighted by molar-refractivity contribution is 0.154. The van der Waals surface area contributed by atoms with Crippen LogP contribution < -0.4 is 5.73 Å². The van der Waals surface area contributed by atoms with E-state index in [4.69, 9.17) is 5.73 Å². The van der Waals surface area contributed by atoms with E-state index < -0.39 is 0 Å². The zero-order valence-electron chi connectivity index (χ0n) is 9.84. The summed E-state index contributed by atoms with van der Waals surface area (Å²) in [6.07, 6.45) is 6.40. The molecule has 0 aliphatic carbocycles. The average Bonchev–Trinajstić information content (AvgIpc) is 2.19. The summed E-state index contributed by atoms with van der Waals surface area (Å²) in [4.78, 5) is 2.59. The second kappa shape index (κ2) is 6.41. The lowest BCUT2D eigenvalue weighted by Crippen LogP contribution is -2.43. The first-order chi connectivity index (χ1) is 6.77. The van der Waals surface area contributed by atoms with Gasteiger partial charge in [-0.05, 0) is 44.7 Å². The third kappa shape index (κ3) is 3.58. The van der Waals surface area contributed by atoms with Gasteiger partial charge in [-0.3, -0.25) is 0 Å². The Bertz CT molecular complexity index is 141. The van der Waals surface area contributed by atoms with E-state index in [9.17, 15) is 0 Å². The normalized spacial score (nSPS) is 26.4. The number of rotatable bonds is 5. The molecule has 0 aromatic heterocycles. The van der Waals surface area contributed by atoms with Crippen molar-refractivity contribution in [3.05, 3.63) is 0 Å². The van der Waals surface area contributed by atoms with Crippen molar-refractivity contribution in [2.75, 3.05) is 19.6 Å². The Kier molecular flexibility index (Phi) is 5.49. The van der Waals surface area contributed by atoms with Crippen molar-refractivity contribution in [1.29, 1.82) is 0 Å². The van der Waals surface area contributed by atoms with Gasteiger partial charge >= 0.3 is 0 Å². The predicted octanol–water partition coefficient (Wildman–Crippen LogP) is 2.24. The molecule has 0 bridgehead atoms. The van der Waals surface area contributed by atoms with Crippen molar-refractivity contribution in [1.82, 2.24) is 4.90 Å². The highest BCUT2D eigenvalue weighted by atomic mass is 15.1. The van der Waals surface area contributed by atoms with Gasteiger partial charge in [-0.25, -0.2) is 0 Å². The van der Waals surface area contributed by atoms with E-state index in [0.29, 0.717) is 6.04 Å². The third-order valence-electron chi connectivity index (χ3n) is 3.31. The Hall–Kier alpha value is -0.0800. The van der Waals surface area contributed by atoms with Crippen LogP contribution in [-0.2, 0) is 0 Å². The van der Waals surface area contributed by atoms with Gasteiger partial charge in [0, 0.05) is 12.6 Å². The van der Waals surface area contributed by atoms with Crippen LogP contribution in [0.4, 0.5) is 0 Å². The highest BCUT2D eigenvalue weighted by Crippen LogP contribution is 2.20. The molecule has 0 amide bonds. The molecule has 0 saturated carbocycles. The lowest BCUT2D eigenvalue weighted by atomic mass is 9.89. The van der Waals surface area contributed by atoms with Crippen LogP contribution in [0.5, 0.6) is 0 Å². The molecule has 2 nitrogen and oxygen atoms in total. The summed E-state index contributed by atoms with van der Waals surface area (Å²) < 4.78 is 0. The van der Waals surface area contributed by atoms with Crippen LogP contribution in [0.3, 0.4) is 0 Å². The molecule has 2 heteroatoms. The van der Waals surface area contributed by atoms with Crippen LogP contribution in [0.15, 0.2) is 0 Å². The zero-order valence-corrected chi connectivity index (χ0v) is 9.84. The molecule has 0 radical (unpaired) electrons. The second-order valence-corrected chi connectivity index (χ2v) is 4.66. The van der Waals surface area contributed by atoms with Gasteiger partial charge in [-0.1, -0.05) is 20.3 Å². The Labute approximate surface area is 88.8 Å². The van der Waals surface area contributed by atoms with Crippen molar-refractivity contribution in [3.8, 4) is 0 Å². The molecular formula is C12H26N2. The quantitative estimate of drug-likeness (QED) is 0.734. The van der Waals surface area contributed by atoms with E-state index >= 15 is 0 Å². The molecule has 0 spiro atoms. The Morgan fingerprint density at radius 1 is 1.36 bits per heavy atom. The topological polar surface area (TPSA) is 29.3 Å². The maximum atomic E-state index is 6.19. The van der Waals surface area contributed by atoms with Crippen LogP contribution in [0.2, 0.25) is 0 Å². The molecule has 84 valence electrons. The maximum Gasteiger partial charge on any atom is 0.00792 e. The van der Waals surface area contributed by atoms with Gasteiger partial charge in [0.05, 0.1) is 0 Å². The number of piperidine rings is 1.